The summed E-state index contributed by atoms with van der Waals surface area (Å²) >= 11 is 0. The van der Waals surface area contributed by atoms with Crippen molar-refractivity contribution in [3.05, 3.63) is 35.9 Å². The number of nitrogens with zero attached hydrogens (tertiary/aromatic N) is 4. The predicted octanol–water partition coefficient (Wildman–Crippen LogP) is 1.44. The first kappa shape index (κ1) is 11.1. The molecular formula is C13H17N5. The van der Waals surface area contributed by atoms with Crippen LogP contribution in [0.1, 0.15) is 18.3 Å². The van der Waals surface area contributed by atoms with Gasteiger partial charge in [-0.1, -0.05) is 0 Å². The van der Waals surface area contributed by atoms with Gasteiger partial charge in [-0.15, -0.1) is 0 Å². The fourth-order valence-electron chi connectivity index (χ4n) is 2.50. The highest BCUT2D eigenvalue weighted by Crippen LogP contribution is 2.30. The number of anilines is 2. The van der Waals surface area contributed by atoms with Gasteiger partial charge in [-0.05, 0) is 37.1 Å². The second-order valence-electron chi connectivity index (χ2n) is 4.55. The van der Waals surface area contributed by atoms with E-state index in [1.807, 2.05) is 10.7 Å². The molecule has 1 aromatic carbocycles. The molecule has 0 amide bonds. The highest BCUT2D eigenvalue weighted by atomic mass is 15.3. The monoisotopic (exact) mass is 243 g/mol. The molecular weight excluding hydrogens is 226 g/mol. The zero-order chi connectivity index (χ0) is 12.5. The number of aryl methyl sites for hydroxylation is 1. The number of nitrogen functional groups attached to an aromatic ring is 1. The van der Waals surface area contributed by atoms with Gasteiger partial charge in [-0.3, -0.25) is 0 Å². The summed E-state index contributed by atoms with van der Waals surface area (Å²) in [6.07, 6.45) is 2.68. The van der Waals surface area contributed by atoms with Crippen molar-refractivity contribution in [1.82, 2.24) is 14.8 Å². The van der Waals surface area contributed by atoms with Crippen molar-refractivity contribution in [3.63, 3.8) is 0 Å². The maximum Gasteiger partial charge on any atom is 0.146 e. The molecule has 5 nitrogen and oxygen atoms in total. The van der Waals surface area contributed by atoms with Crippen LogP contribution in [0.5, 0.6) is 0 Å². The average molecular weight is 243 g/mol. The Hall–Kier alpha value is -2.04. The molecule has 2 N–H and O–H groups in total. The highest BCUT2D eigenvalue weighted by Gasteiger charge is 2.20. The van der Waals surface area contributed by atoms with Crippen LogP contribution in [0.4, 0.5) is 11.4 Å². The Kier molecular flexibility index (Phi) is 2.66. The van der Waals surface area contributed by atoms with E-state index in [4.69, 9.17) is 5.73 Å². The van der Waals surface area contributed by atoms with E-state index in [2.05, 4.69) is 34.0 Å². The number of aromatic nitrogens is 3. The van der Waals surface area contributed by atoms with Crippen molar-refractivity contribution in [1.29, 1.82) is 0 Å². The zero-order valence-corrected chi connectivity index (χ0v) is 10.5. The van der Waals surface area contributed by atoms with Crippen LogP contribution in [-0.2, 0) is 19.5 Å². The molecule has 1 aromatic heterocycles. The van der Waals surface area contributed by atoms with E-state index in [1.165, 1.54) is 11.3 Å². The Morgan fingerprint density at radius 1 is 1.39 bits per heavy atom. The van der Waals surface area contributed by atoms with Crippen LogP contribution in [0.2, 0.25) is 0 Å². The summed E-state index contributed by atoms with van der Waals surface area (Å²) in [5.41, 5.74) is 9.26. The van der Waals surface area contributed by atoms with Gasteiger partial charge in [0.15, 0.2) is 0 Å². The first-order chi connectivity index (χ1) is 8.78. The summed E-state index contributed by atoms with van der Waals surface area (Å²) in [5.74, 6) is 1.02. The number of rotatable bonds is 3. The van der Waals surface area contributed by atoms with E-state index >= 15 is 0 Å². The van der Waals surface area contributed by atoms with Crippen molar-refractivity contribution in [3.8, 4) is 0 Å². The molecule has 0 bridgehead atoms. The number of nitrogens with two attached hydrogens (primary N) is 1. The van der Waals surface area contributed by atoms with Crippen molar-refractivity contribution in [2.75, 3.05) is 17.2 Å². The molecule has 2 heterocycles. The zero-order valence-electron chi connectivity index (χ0n) is 10.5. The number of benzene rings is 1. The molecule has 0 radical (unpaired) electrons. The van der Waals surface area contributed by atoms with Crippen molar-refractivity contribution < 1.29 is 0 Å². The van der Waals surface area contributed by atoms with E-state index in [0.29, 0.717) is 0 Å². The lowest BCUT2D eigenvalue weighted by molar-refractivity contribution is 0.605. The van der Waals surface area contributed by atoms with Crippen LogP contribution < -0.4 is 10.6 Å². The minimum Gasteiger partial charge on any atom is -0.399 e. The molecule has 0 saturated carbocycles. The molecule has 0 spiro atoms. The maximum atomic E-state index is 5.81. The van der Waals surface area contributed by atoms with E-state index in [1.54, 1.807) is 6.33 Å². The van der Waals surface area contributed by atoms with Crippen LogP contribution in [0.15, 0.2) is 24.5 Å². The summed E-state index contributed by atoms with van der Waals surface area (Å²) in [7, 11) is 0. The molecule has 18 heavy (non-hydrogen) atoms. The van der Waals surface area contributed by atoms with Gasteiger partial charge in [-0.25, -0.2) is 9.67 Å². The minimum atomic E-state index is 0.810. The molecule has 94 valence electrons. The Bertz CT molecular complexity index is 560. The van der Waals surface area contributed by atoms with Gasteiger partial charge in [-0.2, -0.15) is 5.10 Å². The third-order valence-corrected chi connectivity index (χ3v) is 3.42. The molecule has 0 saturated heterocycles. The number of hydrogen-bond acceptors (Lipinski definition) is 4. The highest BCUT2D eigenvalue weighted by molar-refractivity contribution is 5.62. The summed E-state index contributed by atoms with van der Waals surface area (Å²) < 4.78 is 1.94. The van der Waals surface area contributed by atoms with Crippen LogP contribution in [0, 0.1) is 0 Å². The van der Waals surface area contributed by atoms with Crippen LogP contribution in [0.25, 0.3) is 0 Å². The maximum absolute atomic E-state index is 5.81. The van der Waals surface area contributed by atoms with Gasteiger partial charge < -0.3 is 10.6 Å². The first-order valence-corrected chi connectivity index (χ1v) is 6.28. The number of hydrogen-bond donors (Lipinski definition) is 1. The number of fused-ring (bicyclic) bond motifs is 1. The second-order valence-corrected chi connectivity index (χ2v) is 4.55. The Morgan fingerprint density at radius 3 is 3.11 bits per heavy atom. The van der Waals surface area contributed by atoms with Crippen molar-refractivity contribution in [2.45, 2.75) is 26.4 Å². The van der Waals surface area contributed by atoms with Gasteiger partial charge in [0, 0.05) is 24.5 Å². The van der Waals surface area contributed by atoms with Crippen LogP contribution >= 0.6 is 0 Å². The van der Waals surface area contributed by atoms with Gasteiger partial charge >= 0.3 is 0 Å². The van der Waals surface area contributed by atoms with Gasteiger partial charge in [0.25, 0.3) is 0 Å². The predicted molar refractivity (Wildman–Crippen MR) is 71.3 cm³/mol. The Balaban J connectivity index is 1.85. The topological polar surface area (TPSA) is 60.0 Å². The molecule has 1 aliphatic rings. The molecule has 0 atom stereocenters. The summed E-state index contributed by atoms with van der Waals surface area (Å²) in [6, 6.07) is 6.13. The summed E-state index contributed by atoms with van der Waals surface area (Å²) in [6.45, 7) is 4.77. The van der Waals surface area contributed by atoms with Crippen molar-refractivity contribution in [2.24, 2.45) is 0 Å². The molecule has 3 rings (SSSR count). The largest absolute Gasteiger partial charge is 0.399 e. The molecule has 0 fully saturated rings. The molecule has 2 aromatic rings. The van der Waals surface area contributed by atoms with E-state index in [0.717, 1.165) is 37.6 Å². The van der Waals surface area contributed by atoms with E-state index in [9.17, 15) is 0 Å². The molecule has 0 unspecified atom stereocenters. The first-order valence-electron chi connectivity index (χ1n) is 6.28. The molecule has 5 heteroatoms. The van der Waals surface area contributed by atoms with Crippen LogP contribution in [0.3, 0.4) is 0 Å². The molecule has 0 aliphatic carbocycles. The minimum absolute atomic E-state index is 0.810. The third kappa shape index (κ3) is 1.81. The normalized spacial score (nSPS) is 13.9. The third-order valence-electron chi connectivity index (χ3n) is 3.42. The van der Waals surface area contributed by atoms with Crippen molar-refractivity contribution >= 4 is 11.4 Å². The fourth-order valence-corrected chi connectivity index (χ4v) is 2.50. The quantitative estimate of drug-likeness (QED) is 0.829. The summed E-state index contributed by atoms with van der Waals surface area (Å²) in [4.78, 5) is 6.66. The smallest absolute Gasteiger partial charge is 0.146 e. The lowest BCUT2D eigenvalue weighted by Gasteiger charge is -2.19. The fraction of sp³-hybridized carbons (Fsp3) is 0.385. The van der Waals surface area contributed by atoms with Gasteiger partial charge in [0.2, 0.25) is 0 Å². The Morgan fingerprint density at radius 2 is 2.28 bits per heavy atom. The van der Waals surface area contributed by atoms with Gasteiger partial charge in [0.05, 0.1) is 6.54 Å². The summed E-state index contributed by atoms with van der Waals surface area (Å²) in [5, 5.41) is 4.21. The SMILES string of the molecule is CCn1ncnc1CN1CCc2cc(N)ccc21. The van der Waals surface area contributed by atoms with E-state index in [-0.39, 0.29) is 0 Å². The van der Waals surface area contributed by atoms with Crippen LogP contribution in [-0.4, -0.2) is 21.3 Å². The van der Waals surface area contributed by atoms with Gasteiger partial charge in [0.1, 0.15) is 12.2 Å². The lowest BCUT2D eigenvalue weighted by atomic mass is 10.1. The van der Waals surface area contributed by atoms with E-state index < -0.39 is 0 Å². The second kappa shape index (κ2) is 4.33. The average Bonchev–Trinajstić information content (AvgIpc) is 2.96. The standard InChI is InChI=1S/C13H17N5/c1-2-18-13(15-9-16-18)8-17-6-5-10-7-11(14)3-4-12(10)17/h3-4,7,9H,2,5-6,8,14H2,1H3. The lowest BCUT2D eigenvalue weighted by Crippen LogP contribution is -2.22. The molecule has 1 aliphatic heterocycles. The Labute approximate surface area is 106 Å².